The number of hydrogen-bond acceptors (Lipinski definition) is 11. The maximum Gasteiger partial charge on any atom is 0.305 e. The van der Waals surface area contributed by atoms with E-state index < -0.39 is 4.92 Å². The Balaban J connectivity index is 1.34. The molecule has 0 bridgehead atoms. The normalized spacial score (nSPS) is 10.9. The number of benzene rings is 3. The van der Waals surface area contributed by atoms with Crippen molar-refractivity contribution >= 4 is 49.7 Å². The number of anilines is 1. The smallest absolute Gasteiger partial charge is 0.305 e. The molecular formula is C28H26N6O5S. The molecule has 0 amide bonds. The number of fused-ring (bicyclic) bond motifs is 1. The number of esters is 1. The second kappa shape index (κ2) is 13.8. The standard InChI is InChI=1S/C28H26N6O5S/c1-38-27(35)14-5-20-3-11-24(12-4-20)39-18-17-33(16-2-15-29)22-8-6-21(7-9-22)31-32-28-30-25-13-10-23(34(36)37)19-26(25)40-28/h3-4,6-13,19H,2,5,14,16-18H2,1H3/b32-31+. The van der Waals surface area contributed by atoms with E-state index in [0.717, 1.165) is 17.0 Å². The lowest BCUT2D eigenvalue weighted by Crippen LogP contribution is -2.29. The number of hydrogen-bond donors (Lipinski definition) is 0. The summed E-state index contributed by atoms with van der Waals surface area (Å²) in [7, 11) is 1.38. The molecule has 0 N–H and O–H groups in total. The quantitative estimate of drug-likeness (QED) is 0.0780. The average molecular weight is 559 g/mol. The van der Waals surface area contributed by atoms with Crippen LogP contribution in [-0.2, 0) is 16.0 Å². The Morgan fingerprint density at radius 2 is 1.88 bits per heavy atom. The molecule has 4 aromatic rings. The summed E-state index contributed by atoms with van der Waals surface area (Å²) in [6.07, 6.45) is 1.31. The lowest BCUT2D eigenvalue weighted by Gasteiger charge is -2.24. The summed E-state index contributed by atoms with van der Waals surface area (Å²) in [4.78, 5) is 28.3. The van der Waals surface area contributed by atoms with Gasteiger partial charge in [0.25, 0.3) is 5.69 Å². The summed E-state index contributed by atoms with van der Waals surface area (Å²) in [5, 5.41) is 28.9. The third-order valence-electron chi connectivity index (χ3n) is 5.93. The molecule has 0 atom stereocenters. The van der Waals surface area contributed by atoms with Crippen LogP contribution in [0.4, 0.5) is 22.2 Å². The maximum absolute atomic E-state index is 11.3. The van der Waals surface area contributed by atoms with Gasteiger partial charge in [-0.1, -0.05) is 23.5 Å². The van der Waals surface area contributed by atoms with E-state index in [1.165, 1.54) is 30.6 Å². The molecule has 0 unspecified atom stereocenters. The van der Waals surface area contributed by atoms with Crippen molar-refractivity contribution in [2.24, 2.45) is 10.2 Å². The summed E-state index contributed by atoms with van der Waals surface area (Å²) in [5.41, 5.74) is 3.20. The van der Waals surface area contributed by atoms with Crippen molar-refractivity contribution in [2.75, 3.05) is 31.7 Å². The SMILES string of the molecule is COC(=O)CCc1ccc(OCCN(CCC#N)c2ccc(/N=N/c3nc4ccc([N+](=O)[O-])cc4s3)cc2)cc1. The van der Waals surface area contributed by atoms with Crippen LogP contribution in [0.5, 0.6) is 5.75 Å². The van der Waals surface area contributed by atoms with E-state index in [4.69, 9.17) is 10.00 Å². The molecule has 1 aromatic heterocycles. The van der Waals surface area contributed by atoms with Crippen LogP contribution >= 0.6 is 11.3 Å². The number of nitrogens with zero attached hydrogens (tertiary/aromatic N) is 6. The van der Waals surface area contributed by atoms with Gasteiger partial charge in [-0.25, -0.2) is 4.98 Å². The lowest BCUT2D eigenvalue weighted by molar-refractivity contribution is -0.384. The van der Waals surface area contributed by atoms with E-state index in [0.29, 0.717) is 60.0 Å². The Morgan fingerprint density at radius 1 is 1.10 bits per heavy atom. The Bertz CT molecular complexity index is 1530. The van der Waals surface area contributed by atoms with Crippen molar-refractivity contribution in [3.63, 3.8) is 0 Å². The van der Waals surface area contributed by atoms with Gasteiger partial charge < -0.3 is 14.4 Å². The van der Waals surface area contributed by atoms with Crippen LogP contribution in [0.2, 0.25) is 0 Å². The highest BCUT2D eigenvalue weighted by atomic mass is 32.1. The monoisotopic (exact) mass is 558 g/mol. The number of carbonyl (C=O) groups is 1. The van der Waals surface area contributed by atoms with E-state index in [1.54, 1.807) is 6.07 Å². The van der Waals surface area contributed by atoms with Gasteiger partial charge in [-0.15, -0.1) is 10.2 Å². The third kappa shape index (κ3) is 7.81. The molecule has 0 saturated carbocycles. The topological polar surface area (TPSA) is 143 Å². The third-order valence-corrected chi connectivity index (χ3v) is 6.83. The van der Waals surface area contributed by atoms with E-state index in [-0.39, 0.29) is 11.7 Å². The van der Waals surface area contributed by atoms with Gasteiger partial charge in [0.05, 0.1) is 47.0 Å². The Kier molecular flexibility index (Phi) is 9.68. The number of carbonyl (C=O) groups excluding carboxylic acids is 1. The number of nitriles is 1. The van der Waals surface area contributed by atoms with E-state index in [1.807, 2.05) is 48.5 Å². The summed E-state index contributed by atoms with van der Waals surface area (Å²) < 4.78 is 11.2. The van der Waals surface area contributed by atoms with Crippen LogP contribution in [-0.4, -0.2) is 42.7 Å². The Hall–Kier alpha value is -4.89. The number of thiazole rings is 1. The number of aryl methyl sites for hydroxylation is 1. The van der Waals surface area contributed by atoms with Crippen molar-refractivity contribution in [2.45, 2.75) is 19.3 Å². The van der Waals surface area contributed by atoms with Crippen LogP contribution in [0.25, 0.3) is 10.2 Å². The number of non-ortho nitro benzene ring substituents is 1. The zero-order valence-corrected chi connectivity index (χ0v) is 22.5. The summed E-state index contributed by atoms with van der Waals surface area (Å²) >= 11 is 1.23. The van der Waals surface area contributed by atoms with E-state index in [9.17, 15) is 14.9 Å². The van der Waals surface area contributed by atoms with Crippen molar-refractivity contribution in [3.8, 4) is 11.8 Å². The highest BCUT2D eigenvalue weighted by molar-refractivity contribution is 7.21. The van der Waals surface area contributed by atoms with Crippen LogP contribution in [0.1, 0.15) is 18.4 Å². The minimum absolute atomic E-state index is 0.00643. The van der Waals surface area contributed by atoms with E-state index >= 15 is 0 Å². The van der Waals surface area contributed by atoms with Gasteiger partial charge in [0, 0.05) is 30.8 Å². The Labute approximate surface area is 234 Å². The molecule has 0 saturated heterocycles. The molecule has 0 aliphatic rings. The minimum atomic E-state index is -0.443. The minimum Gasteiger partial charge on any atom is -0.492 e. The van der Waals surface area contributed by atoms with E-state index in [2.05, 4.69) is 30.9 Å². The number of aromatic nitrogens is 1. The molecule has 12 heteroatoms. The van der Waals surface area contributed by atoms with Gasteiger partial charge in [-0.3, -0.25) is 14.9 Å². The first-order valence-electron chi connectivity index (χ1n) is 12.4. The number of ether oxygens (including phenoxy) is 2. The van der Waals surface area contributed by atoms with Gasteiger partial charge in [0.1, 0.15) is 12.4 Å². The van der Waals surface area contributed by atoms with Gasteiger partial charge in [-0.05, 0) is 54.4 Å². The van der Waals surface area contributed by atoms with Gasteiger partial charge in [-0.2, -0.15) is 5.26 Å². The molecule has 4 rings (SSSR count). The number of azo groups is 1. The largest absolute Gasteiger partial charge is 0.492 e. The molecule has 204 valence electrons. The fraction of sp³-hybridized carbons (Fsp3) is 0.250. The van der Waals surface area contributed by atoms with Gasteiger partial charge >= 0.3 is 5.97 Å². The first-order valence-corrected chi connectivity index (χ1v) is 13.2. The molecule has 0 spiro atoms. The first kappa shape index (κ1) is 28.1. The summed E-state index contributed by atoms with van der Waals surface area (Å²) in [6.45, 7) is 1.54. The number of nitro benzene ring substituents is 1. The zero-order chi connectivity index (χ0) is 28.3. The lowest BCUT2D eigenvalue weighted by atomic mass is 10.1. The number of rotatable bonds is 13. The molecule has 0 radical (unpaired) electrons. The maximum atomic E-state index is 11.3. The second-order valence-electron chi connectivity index (χ2n) is 8.59. The molecule has 0 aliphatic heterocycles. The fourth-order valence-electron chi connectivity index (χ4n) is 3.82. The van der Waals surface area contributed by atoms with Crippen molar-refractivity contribution < 1.29 is 19.2 Å². The number of methoxy groups -OCH3 is 1. The first-order chi connectivity index (χ1) is 19.4. The summed E-state index contributed by atoms with van der Waals surface area (Å²) in [5.74, 6) is 0.486. The second-order valence-corrected chi connectivity index (χ2v) is 9.59. The number of nitro groups is 1. The van der Waals surface area contributed by atoms with Crippen LogP contribution < -0.4 is 9.64 Å². The fourth-order valence-corrected chi connectivity index (χ4v) is 4.64. The molecule has 0 aliphatic carbocycles. The molecule has 0 fully saturated rings. The molecule has 11 nitrogen and oxygen atoms in total. The predicted molar refractivity (Wildman–Crippen MR) is 152 cm³/mol. The van der Waals surface area contributed by atoms with Crippen LogP contribution in [0.15, 0.2) is 77.0 Å². The van der Waals surface area contributed by atoms with Crippen molar-refractivity contribution in [1.29, 1.82) is 5.26 Å². The molecule has 3 aromatic carbocycles. The average Bonchev–Trinajstić information content (AvgIpc) is 3.40. The van der Waals surface area contributed by atoms with Crippen molar-refractivity contribution in [1.82, 2.24) is 4.98 Å². The molecule has 40 heavy (non-hydrogen) atoms. The predicted octanol–water partition coefficient (Wildman–Crippen LogP) is 6.52. The molecular weight excluding hydrogens is 532 g/mol. The zero-order valence-electron chi connectivity index (χ0n) is 21.7. The van der Waals surface area contributed by atoms with Gasteiger partial charge in [0.2, 0.25) is 5.13 Å². The summed E-state index contributed by atoms with van der Waals surface area (Å²) in [6, 6.07) is 21.7. The van der Waals surface area contributed by atoms with Crippen LogP contribution in [0.3, 0.4) is 0 Å². The van der Waals surface area contributed by atoms with Crippen molar-refractivity contribution in [3.05, 3.63) is 82.4 Å². The Morgan fingerprint density at radius 3 is 2.58 bits per heavy atom. The van der Waals surface area contributed by atoms with Crippen LogP contribution in [0, 0.1) is 21.4 Å². The highest BCUT2D eigenvalue weighted by Gasteiger charge is 2.11. The van der Waals surface area contributed by atoms with Gasteiger partial charge in [0.15, 0.2) is 0 Å². The molecule has 1 heterocycles. The highest BCUT2D eigenvalue weighted by Crippen LogP contribution is 2.32.